The fourth-order valence-corrected chi connectivity index (χ4v) is 6.06. The van der Waals surface area contributed by atoms with Crippen molar-refractivity contribution in [2.75, 3.05) is 18.1 Å². The minimum atomic E-state index is -3.08. The molecule has 1 saturated heterocycles. The van der Waals surface area contributed by atoms with Crippen molar-refractivity contribution in [1.82, 2.24) is 4.90 Å². The van der Waals surface area contributed by atoms with Crippen LogP contribution >= 0.6 is 38.9 Å². The lowest BCUT2D eigenvalue weighted by molar-refractivity contribution is -0.135. The number of sulfone groups is 1. The van der Waals surface area contributed by atoms with Gasteiger partial charge in [0.2, 0.25) is 0 Å². The van der Waals surface area contributed by atoms with Crippen molar-refractivity contribution in [2.45, 2.75) is 19.0 Å². The van der Waals surface area contributed by atoms with Crippen LogP contribution in [0.1, 0.15) is 11.3 Å². The third-order valence-electron chi connectivity index (χ3n) is 4.12. The Labute approximate surface area is 170 Å². The maximum atomic E-state index is 12.8. The standard InChI is InChI=1S/C17H17BrClNO4S2/c18-15-8-12(19)3-4-16(15)24-10-17(21)20(9-14-2-1-6-25-14)13-5-7-26(22,23)11-13/h1-4,6,8,13H,5,7,9-11H2. The molecule has 1 aromatic carbocycles. The van der Waals surface area contributed by atoms with Gasteiger partial charge in [-0.1, -0.05) is 17.7 Å². The molecule has 1 atom stereocenters. The monoisotopic (exact) mass is 477 g/mol. The summed E-state index contributed by atoms with van der Waals surface area (Å²) in [7, 11) is -3.08. The number of carbonyl (C=O) groups is 1. The molecule has 0 aliphatic carbocycles. The van der Waals surface area contributed by atoms with E-state index in [4.69, 9.17) is 16.3 Å². The number of hydrogen-bond acceptors (Lipinski definition) is 5. The highest BCUT2D eigenvalue weighted by Gasteiger charge is 2.35. The highest BCUT2D eigenvalue weighted by atomic mass is 79.9. The number of rotatable bonds is 6. The first-order chi connectivity index (χ1) is 12.3. The van der Waals surface area contributed by atoms with E-state index in [1.807, 2.05) is 17.5 Å². The smallest absolute Gasteiger partial charge is 0.261 e. The molecule has 0 spiro atoms. The minimum absolute atomic E-state index is 0.00869. The van der Waals surface area contributed by atoms with E-state index in [-0.39, 0.29) is 30.1 Å². The van der Waals surface area contributed by atoms with Gasteiger partial charge in [0.15, 0.2) is 16.4 Å². The fourth-order valence-electron chi connectivity index (χ4n) is 2.83. The Morgan fingerprint density at radius 1 is 1.38 bits per heavy atom. The molecule has 1 aliphatic rings. The molecule has 140 valence electrons. The SMILES string of the molecule is O=C(COc1ccc(Cl)cc1Br)N(Cc1cccs1)C1CCS(=O)(=O)C1. The number of thiophene rings is 1. The number of nitrogens with zero attached hydrogens (tertiary/aromatic N) is 1. The van der Waals surface area contributed by atoms with E-state index in [0.717, 1.165) is 4.88 Å². The van der Waals surface area contributed by atoms with E-state index >= 15 is 0 Å². The lowest BCUT2D eigenvalue weighted by Gasteiger charge is -2.28. The number of ether oxygens (including phenoxy) is 1. The third kappa shape index (κ3) is 5.00. The van der Waals surface area contributed by atoms with Crippen LogP contribution < -0.4 is 4.74 Å². The van der Waals surface area contributed by atoms with E-state index in [9.17, 15) is 13.2 Å². The van der Waals surface area contributed by atoms with Crippen LogP contribution in [0.4, 0.5) is 0 Å². The van der Waals surface area contributed by atoms with Crippen molar-refractivity contribution < 1.29 is 17.9 Å². The molecular weight excluding hydrogens is 462 g/mol. The second-order valence-corrected chi connectivity index (χ2v) is 10.6. The second kappa shape index (κ2) is 8.29. The number of hydrogen-bond donors (Lipinski definition) is 0. The van der Waals surface area contributed by atoms with E-state index in [1.165, 1.54) is 11.3 Å². The molecule has 3 rings (SSSR count). The molecule has 1 aromatic heterocycles. The summed E-state index contributed by atoms with van der Waals surface area (Å²) in [4.78, 5) is 15.4. The van der Waals surface area contributed by atoms with Gasteiger partial charge in [0.25, 0.3) is 5.91 Å². The molecule has 5 nitrogen and oxygen atoms in total. The largest absolute Gasteiger partial charge is 0.483 e. The van der Waals surface area contributed by atoms with Crippen molar-refractivity contribution in [3.8, 4) is 5.75 Å². The van der Waals surface area contributed by atoms with E-state index in [0.29, 0.717) is 28.2 Å². The Kier molecular flexibility index (Phi) is 6.27. The first-order valence-electron chi connectivity index (χ1n) is 7.94. The highest BCUT2D eigenvalue weighted by molar-refractivity contribution is 9.10. The Balaban J connectivity index is 1.71. The average Bonchev–Trinajstić information content (AvgIpc) is 3.20. The molecule has 1 fully saturated rings. The number of amides is 1. The van der Waals surface area contributed by atoms with Gasteiger partial charge in [-0.25, -0.2) is 8.42 Å². The quantitative estimate of drug-likeness (QED) is 0.634. The molecule has 26 heavy (non-hydrogen) atoms. The normalized spacial score (nSPS) is 18.6. The first kappa shape index (κ1) is 19.7. The van der Waals surface area contributed by atoms with Crippen LogP contribution in [0.3, 0.4) is 0 Å². The van der Waals surface area contributed by atoms with Crippen LogP contribution in [0, 0.1) is 0 Å². The summed E-state index contributed by atoms with van der Waals surface area (Å²) in [6, 6.07) is 8.59. The molecule has 2 aromatic rings. The zero-order chi connectivity index (χ0) is 18.7. The van der Waals surface area contributed by atoms with Gasteiger partial charge in [-0.3, -0.25) is 4.79 Å². The lowest BCUT2D eigenvalue weighted by atomic mass is 10.2. The lowest BCUT2D eigenvalue weighted by Crippen LogP contribution is -2.42. The topological polar surface area (TPSA) is 63.7 Å². The molecule has 1 amide bonds. The Hall–Kier alpha value is -1.09. The van der Waals surface area contributed by atoms with E-state index in [2.05, 4.69) is 15.9 Å². The minimum Gasteiger partial charge on any atom is -0.483 e. The highest BCUT2D eigenvalue weighted by Crippen LogP contribution is 2.28. The maximum absolute atomic E-state index is 12.8. The van der Waals surface area contributed by atoms with Gasteiger partial charge in [0, 0.05) is 15.9 Å². The van der Waals surface area contributed by atoms with Gasteiger partial charge in [-0.2, -0.15) is 0 Å². The summed E-state index contributed by atoms with van der Waals surface area (Å²) in [6.07, 6.45) is 0.462. The van der Waals surface area contributed by atoms with Crippen LogP contribution in [-0.2, 0) is 21.2 Å². The van der Waals surface area contributed by atoms with E-state index in [1.54, 1.807) is 23.1 Å². The van der Waals surface area contributed by atoms with Crippen molar-refractivity contribution in [1.29, 1.82) is 0 Å². The van der Waals surface area contributed by atoms with E-state index < -0.39 is 9.84 Å². The van der Waals surface area contributed by atoms with Crippen molar-refractivity contribution in [3.63, 3.8) is 0 Å². The van der Waals surface area contributed by atoms with Gasteiger partial charge in [0.1, 0.15) is 5.75 Å². The molecule has 0 saturated carbocycles. The van der Waals surface area contributed by atoms with Gasteiger partial charge >= 0.3 is 0 Å². The number of benzene rings is 1. The van der Waals surface area contributed by atoms with Crippen LogP contribution in [0.2, 0.25) is 5.02 Å². The van der Waals surface area contributed by atoms with Crippen LogP contribution in [0.25, 0.3) is 0 Å². The molecular formula is C17H17BrClNO4S2. The number of halogens is 2. The second-order valence-electron chi connectivity index (χ2n) is 6.02. The summed E-state index contributed by atoms with van der Waals surface area (Å²) in [5, 5.41) is 2.50. The van der Waals surface area contributed by atoms with Gasteiger partial charge in [-0.15, -0.1) is 11.3 Å². The molecule has 1 aliphatic heterocycles. The molecule has 0 bridgehead atoms. The molecule has 9 heteroatoms. The Morgan fingerprint density at radius 2 is 2.19 bits per heavy atom. The molecule has 1 unspecified atom stereocenters. The predicted octanol–water partition coefficient (Wildman–Crippen LogP) is 3.76. The average molecular weight is 479 g/mol. The van der Waals surface area contributed by atoms with Crippen molar-refractivity contribution in [3.05, 3.63) is 50.1 Å². The van der Waals surface area contributed by atoms with Gasteiger partial charge < -0.3 is 9.64 Å². The molecule has 0 N–H and O–H groups in total. The Morgan fingerprint density at radius 3 is 2.81 bits per heavy atom. The van der Waals surface area contributed by atoms with Crippen LogP contribution in [-0.4, -0.2) is 43.4 Å². The predicted molar refractivity (Wildman–Crippen MR) is 107 cm³/mol. The van der Waals surface area contributed by atoms with Crippen LogP contribution in [0.15, 0.2) is 40.2 Å². The fraction of sp³-hybridized carbons (Fsp3) is 0.353. The molecule has 2 heterocycles. The Bertz CT molecular complexity index is 886. The van der Waals surface area contributed by atoms with Gasteiger partial charge in [-0.05, 0) is 52.0 Å². The zero-order valence-corrected chi connectivity index (χ0v) is 17.7. The maximum Gasteiger partial charge on any atom is 0.261 e. The summed E-state index contributed by atoms with van der Waals surface area (Å²) in [5.74, 6) is 0.407. The summed E-state index contributed by atoms with van der Waals surface area (Å²) >= 11 is 10.8. The zero-order valence-electron chi connectivity index (χ0n) is 13.7. The number of carbonyl (C=O) groups excluding carboxylic acids is 1. The van der Waals surface area contributed by atoms with Crippen molar-refractivity contribution in [2.24, 2.45) is 0 Å². The van der Waals surface area contributed by atoms with Crippen LogP contribution in [0.5, 0.6) is 5.75 Å². The third-order valence-corrected chi connectivity index (χ3v) is 7.59. The van der Waals surface area contributed by atoms with Gasteiger partial charge in [0.05, 0.1) is 22.5 Å². The molecule has 0 radical (unpaired) electrons. The van der Waals surface area contributed by atoms with Crippen molar-refractivity contribution >= 4 is 54.6 Å². The summed E-state index contributed by atoms with van der Waals surface area (Å²) < 4.78 is 30.0. The first-order valence-corrected chi connectivity index (χ1v) is 11.8. The summed E-state index contributed by atoms with van der Waals surface area (Å²) in [6.45, 7) is 0.226. The summed E-state index contributed by atoms with van der Waals surface area (Å²) in [5.41, 5.74) is 0.